The summed E-state index contributed by atoms with van der Waals surface area (Å²) in [6.45, 7) is 1.96. The lowest BCUT2D eigenvalue weighted by atomic mass is 10.1. The van der Waals surface area contributed by atoms with Crippen LogP contribution in [0.3, 0.4) is 0 Å². The van der Waals surface area contributed by atoms with Crippen LogP contribution in [0.1, 0.15) is 40.8 Å². The minimum absolute atomic E-state index is 0.0105. The quantitative estimate of drug-likeness (QED) is 0.465. The normalized spacial score (nSPS) is 14.6. The summed E-state index contributed by atoms with van der Waals surface area (Å²) < 4.78 is 27.4. The standard InChI is InChI=1S/C26H21ClFN5O4/c1-15-7-19(32-33(25(15)34)14-36-26(35)22-3-2-6-31-22)11-18-4-5-21(27)24(23(18)28)37-20-9-16(12-29)8-17(10-20)13-30/h4-5,7-10,22,31H,2-3,6,11,14H2,1H3/t22-/m0/s1. The summed E-state index contributed by atoms with van der Waals surface area (Å²) >= 11 is 6.19. The Hall–Kier alpha value is -4.25. The van der Waals surface area contributed by atoms with Gasteiger partial charge in [0.1, 0.15) is 11.8 Å². The number of nitrogens with one attached hydrogen (secondary N) is 1. The first-order chi connectivity index (χ1) is 17.8. The van der Waals surface area contributed by atoms with Crippen molar-refractivity contribution < 1.29 is 18.7 Å². The molecule has 0 amide bonds. The van der Waals surface area contributed by atoms with Crippen molar-refractivity contribution >= 4 is 17.6 Å². The summed E-state index contributed by atoms with van der Waals surface area (Å²) in [7, 11) is 0. The number of aromatic nitrogens is 2. The Morgan fingerprint density at radius 3 is 2.62 bits per heavy atom. The van der Waals surface area contributed by atoms with Crippen molar-refractivity contribution in [3.05, 3.63) is 85.5 Å². The third-order valence-electron chi connectivity index (χ3n) is 5.76. The number of benzene rings is 2. The maximum atomic E-state index is 15.5. The first kappa shape index (κ1) is 25.8. The maximum absolute atomic E-state index is 15.5. The van der Waals surface area contributed by atoms with Gasteiger partial charge in [-0.15, -0.1) is 0 Å². The van der Waals surface area contributed by atoms with Crippen LogP contribution in [0.25, 0.3) is 0 Å². The van der Waals surface area contributed by atoms with Gasteiger partial charge in [-0.2, -0.15) is 20.3 Å². The van der Waals surface area contributed by atoms with Crippen molar-refractivity contribution in [2.75, 3.05) is 6.54 Å². The van der Waals surface area contributed by atoms with Gasteiger partial charge in [0.25, 0.3) is 5.56 Å². The van der Waals surface area contributed by atoms with E-state index in [9.17, 15) is 20.1 Å². The second-order valence-corrected chi connectivity index (χ2v) is 8.87. The fourth-order valence-electron chi connectivity index (χ4n) is 3.93. The van der Waals surface area contributed by atoms with Crippen LogP contribution in [-0.2, 0) is 22.7 Å². The highest BCUT2D eigenvalue weighted by Gasteiger charge is 2.24. The van der Waals surface area contributed by atoms with E-state index in [1.807, 2.05) is 12.1 Å². The molecule has 0 saturated carbocycles. The van der Waals surface area contributed by atoms with E-state index >= 15 is 4.39 Å². The molecule has 37 heavy (non-hydrogen) atoms. The van der Waals surface area contributed by atoms with Crippen molar-refractivity contribution in [1.29, 1.82) is 10.5 Å². The predicted molar refractivity (Wildman–Crippen MR) is 131 cm³/mol. The van der Waals surface area contributed by atoms with Gasteiger partial charge in [0, 0.05) is 12.0 Å². The highest BCUT2D eigenvalue weighted by Crippen LogP contribution is 2.35. The average molecular weight is 522 g/mol. The molecule has 1 aliphatic rings. The smallest absolute Gasteiger partial charge is 0.324 e. The Bertz CT molecular complexity index is 1470. The lowest BCUT2D eigenvalue weighted by molar-refractivity contribution is -0.150. The van der Waals surface area contributed by atoms with Crippen LogP contribution in [0, 0.1) is 35.4 Å². The SMILES string of the molecule is Cc1cc(Cc2ccc(Cl)c(Oc3cc(C#N)cc(C#N)c3)c2F)nn(COC(=O)[C@@H]2CCCN2)c1=O. The Balaban J connectivity index is 1.58. The molecule has 0 bridgehead atoms. The van der Waals surface area contributed by atoms with Crippen molar-refractivity contribution in [2.45, 2.75) is 39.0 Å². The molecule has 188 valence electrons. The molecular weight excluding hydrogens is 501 g/mol. The van der Waals surface area contributed by atoms with Crippen molar-refractivity contribution in [3.63, 3.8) is 0 Å². The van der Waals surface area contributed by atoms with Crippen molar-refractivity contribution in [1.82, 2.24) is 15.1 Å². The van der Waals surface area contributed by atoms with E-state index in [0.717, 1.165) is 17.6 Å². The monoisotopic (exact) mass is 521 g/mol. The van der Waals surface area contributed by atoms with Gasteiger partial charge in [-0.05, 0) is 62.2 Å². The van der Waals surface area contributed by atoms with Gasteiger partial charge in [0.15, 0.2) is 18.3 Å². The Morgan fingerprint density at radius 1 is 1.24 bits per heavy atom. The van der Waals surface area contributed by atoms with E-state index in [-0.39, 0.29) is 46.4 Å². The maximum Gasteiger partial charge on any atom is 0.324 e. The third-order valence-corrected chi connectivity index (χ3v) is 6.06. The van der Waals surface area contributed by atoms with Gasteiger partial charge in [0.05, 0.1) is 34.0 Å². The largest absolute Gasteiger partial charge is 0.453 e. The number of aryl methyl sites for hydroxylation is 1. The molecule has 1 fully saturated rings. The van der Waals surface area contributed by atoms with Gasteiger partial charge < -0.3 is 14.8 Å². The Kier molecular flexibility index (Phi) is 7.83. The molecule has 4 rings (SSSR count). The summed E-state index contributed by atoms with van der Waals surface area (Å²) in [5.41, 5.74) is 0.810. The molecule has 9 nitrogen and oxygen atoms in total. The molecule has 1 saturated heterocycles. The molecule has 0 radical (unpaired) electrons. The van der Waals surface area contributed by atoms with Gasteiger partial charge in [-0.25, -0.2) is 4.39 Å². The molecule has 11 heteroatoms. The molecule has 1 N–H and O–H groups in total. The fourth-order valence-corrected chi connectivity index (χ4v) is 4.12. The fraction of sp³-hybridized carbons (Fsp3) is 0.269. The van der Waals surface area contributed by atoms with E-state index in [1.54, 1.807) is 6.92 Å². The van der Waals surface area contributed by atoms with Crippen LogP contribution in [-0.4, -0.2) is 28.3 Å². The molecule has 3 aromatic rings. The molecular formula is C26H21ClFN5O4. The summed E-state index contributed by atoms with van der Waals surface area (Å²) in [6.07, 6.45) is 1.52. The summed E-state index contributed by atoms with van der Waals surface area (Å²) in [4.78, 5) is 24.7. The number of ether oxygens (including phenoxy) is 2. The number of hydrogen-bond acceptors (Lipinski definition) is 8. The number of carbonyl (C=O) groups is 1. The first-order valence-electron chi connectivity index (χ1n) is 11.4. The Morgan fingerprint density at radius 2 is 1.97 bits per heavy atom. The van der Waals surface area contributed by atoms with E-state index in [4.69, 9.17) is 21.1 Å². The van der Waals surface area contributed by atoms with Gasteiger partial charge in [-0.3, -0.25) is 9.59 Å². The number of nitriles is 2. The zero-order valence-electron chi connectivity index (χ0n) is 19.8. The predicted octanol–water partition coefficient (Wildman–Crippen LogP) is 3.72. The topological polar surface area (TPSA) is 130 Å². The first-order valence-corrected chi connectivity index (χ1v) is 11.7. The molecule has 0 spiro atoms. The van der Waals surface area contributed by atoms with Gasteiger partial charge in [-0.1, -0.05) is 17.7 Å². The van der Waals surface area contributed by atoms with E-state index in [0.29, 0.717) is 17.7 Å². The minimum Gasteiger partial charge on any atom is -0.453 e. The molecule has 2 heterocycles. The molecule has 0 aliphatic carbocycles. The van der Waals surface area contributed by atoms with Crippen molar-refractivity contribution in [2.24, 2.45) is 0 Å². The van der Waals surface area contributed by atoms with Crippen LogP contribution >= 0.6 is 11.6 Å². The second-order valence-electron chi connectivity index (χ2n) is 8.46. The average Bonchev–Trinajstić information content (AvgIpc) is 3.44. The third kappa shape index (κ3) is 5.95. The van der Waals surface area contributed by atoms with Crippen LogP contribution in [0.15, 0.2) is 41.2 Å². The van der Waals surface area contributed by atoms with Crippen LogP contribution in [0.4, 0.5) is 4.39 Å². The molecule has 2 aromatic carbocycles. The van der Waals surface area contributed by atoms with Crippen LogP contribution in [0.5, 0.6) is 11.5 Å². The van der Waals surface area contributed by atoms with Gasteiger partial charge >= 0.3 is 5.97 Å². The van der Waals surface area contributed by atoms with E-state index in [2.05, 4.69) is 10.4 Å². The highest BCUT2D eigenvalue weighted by molar-refractivity contribution is 6.32. The zero-order chi connectivity index (χ0) is 26.5. The highest BCUT2D eigenvalue weighted by atomic mass is 35.5. The van der Waals surface area contributed by atoms with Crippen LogP contribution < -0.4 is 15.6 Å². The van der Waals surface area contributed by atoms with Crippen molar-refractivity contribution in [3.8, 4) is 23.6 Å². The molecule has 1 aliphatic heterocycles. The second kappa shape index (κ2) is 11.2. The van der Waals surface area contributed by atoms with E-state index < -0.39 is 23.4 Å². The number of hydrogen-bond donors (Lipinski definition) is 1. The number of carbonyl (C=O) groups excluding carboxylic acids is 1. The molecule has 0 unspecified atom stereocenters. The number of nitrogens with zero attached hydrogens (tertiary/aromatic N) is 4. The molecule has 1 atom stereocenters. The summed E-state index contributed by atoms with van der Waals surface area (Å²) in [6, 6.07) is 12.0. The number of rotatable bonds is 7. The Labute approximate surface area is 216 Å². The minimum atomic E-state index is -0.760. The zero-order valence-corrected chi connectivity index (χ0v) is 20.5. The molecule has 1 aromatic heterocycles. The van der Waals surface area contributed by atoms with Crippen LogP contribution in [0.2, 0.25) is 5.02 Å². The van der Waals surface area contributed by atoms with E-state index in [1.165, 1.54) is 36.4 Å². The number of esters is 1. The lowest BCUT2D eigenvalue weighted by Gasteiger charge is -2.14. The lowest BCUT2D eigenvalue weighted by Crippen LogP contribution is -2.35. The number of halogens is 2. The van der Waals surface area contributed by atoms with Gasteiger partial charge in [0.2, 0.25) is 0 Å². The summed E-state index contributed by atoms with van der Waals surface area (Å²) in [5, 5.41) is 25.6. The summed E-state index contributed by atoms with van der Waals surface area (Å²) in [5.74, 6) is -1.42.